The first-order chi connectivity index (χ1) is 7.75. The van der Waals surface area contributed by atoms with Gasteiger partial charge in [0.2, 0.25) is 5.91 Å². The molecule has 4 rings (SSSR count). The summed E-state index contributed by atoms with van der Waals surface area (Å²) in [5.41, 5.74) is 0. The van der Waals surface area contributed by atoms with Gasteiger partial charge < -0.3 is 5.32 Å². The molecule has 3 nitrogen and oxygen atoms in total. The number of aliphatic imine (C=N–C) groups is 1. The SMILES string of the molecule is O=C1NC(=N[C@H]2C[C@@H]3CC[C@H]2C3)SC12CC2. The second-order valence-corrected chi connectivity index (χ2v) is 7.10. The molecule has 1 aliphatic heterocycles. The van der Waals surface area contributed by atoms with Crippen LogP contribution in [0.2, 0.25) is 0 Å². The summed E-state index contributed by atoms with van der Waals surface area (Å²) in [5.74, 6) is 1.95. The molecule has 1 saturated heterocycles. The number of hydrogen-bond donors (Lipinski definition) is 1. The highest BCUT2D eigenvalue weighted by atomic mass is 32.2. The van der Waals surface area contributed by atoms with Gasteiger partial charge in [0.05, 0.1) is 6.04 Å². The van der Waals surface area contributed by atoms with Crippen LogP contribution in [0.4, 0.5) is 0 Å². The second-order valence-electron chi connectivity index (χ2n) is 5.73. The van der Waals surface area contributed by atoms with Crippen molar-refractivity contribution in [3.63, 3.8) is 0 Å². The van der Waals surface area contributed by atoms with Crippen LogP contribution in [-0.4, -0.2) is 21.9 Å². The molecule has 0 aromatic carbocycles. The lowest BCUT2D eigenvalue weighted by Crippen LogP contribution is -2.27. The van der Waals surface area contributed by atoms with E-state index in [2.05, 4.69) is 5.32 Å². The Bertz CT molecular complexity index is 388. The minimum absolute atomic E-state index is 0.0869. The molecule has 0 aromatic rings. The first-order valence-electron chi connectivity index (χ1n) is 6.33. The van der Waals surface area contributed by atoms with Crippen molar-refractivity contribution in [1.82, 2.24) is 5.32 Å². The maximum atomic E-state index is 11.7. The van der Waals surface area contributed by atoms with Crippen molar-refractivity contribution in [1.29, 1.82) is 0 Å². The lowest BCUT2D eigenvalue weighted by atomic mass is 9.96. The van der Waals surface area contributed by atoms with Gasteiger partial charge in [-0.15, -0.1) is 0 Å². The highest BCUT2D eigenvalue weighted by Gasteiger charge is 2.56. The molecule has 0 aromatic heterocycles. The van der Waals surface area contributed by atoms with Crippen LogP contribution in [0.15, 0.2) is 4.99 Å². The molecule has 2 bridgehead atoms. The normalized spacial score (nSPS) is 45.6. The van der Waals surface area contributed by atoms with Gasteiger partial charge in [-0.1, -0.05) is 18.2 Å². The summed E-state index contributed by atoms with van der Waals surface area (Å²) in [4.78, 5) is 16.5. The molecule has 4 heteroatoms. The number of fused-ring (bicyclic) bond motifs is 2. The van der Waals surface area contributed by atoms with E-state index in [1.165, 1.54) is 25.7 Å². The van der Waals surface area contributed by atoms with Crippen LogP contribution in [0.3, 0.4) is 0 Å². The molecule has 1 spiro atoms. The van der Waals surface area contributed by atoms with Crippen molar-refractivity contribution < 1.29 is 4.79 Å². The van der Waals surface area contributed by atoms with Crippen LogP contribution in [0.5, 0.6) is 0 Å². The molecule has 0 unspecified atom stereocenters. The third kappa shape index (κ3) is 1.28. The molecule has 3 atom stereocenters. The van der Waals surface area contributed by atoms with Crippen LogP contribution in [0.1, 0.15) is 38.5 Å². The number of amidine groups is 1. The van der Waals surface area contributed by atoms with Gasteiger partial charge in [0.25, 0.3) is 0 Å². The Morgan fingerprint density at radius 1 is 1.31 bits per heavy atom. The molecule has 0 radical (unpaired) electrons. The molecule has 4 aliphatic rings. The van der Waals surface area contributed by atoms with Gasteiger partial charge in [-0.2, -0.15) is 0 Å². The van der Waals surface area contributed by atoms with Crippen molar-refractivity contribution >= 4 is 22.8 Å². The van der Waals surface area contributed by atoms with Crippen LogP contribution < -0.4 is 5.32 Å². The van der Waals surface area contributed by atoms with Gasteiger partial charge >= 0.3 is 0 Å². The maximum Gasteiger partial charge on any atom is 0.242 e. The van der Waals surface area contributed by atoms with Gasteiger partial charge in [-0.25, -0.2) is 0 Å². The van der Waals surface area contributed by atoms with Crippen LogP contribution in [0, 0.1) is 11.8 Å². The van der Waals surface area contributed by atoms with Gasteiger partial charge in [-0.3, -0.25) is 9.79 Å². The standard InChI is InChI=1S/C12H16N2OS/c15-10-12(3-4-12)16-11(14-10)13-9-6-7-1-2-8(9)5-7/h7-9H,1-6H2,(H,13,14,15)/t7-,8+,9+/m1/s1. The summed E-state index contributed by atoms with van der Waals surface area (Å²) in [6, 6.07) is 0.510. The van der Waals surface area contributed by atoms with Gasteiger partial charge in [0, 0.05) is 0 Å². The Hall–Kier alpha value is -0.510. The quantitative estimate of drug-likeness (QED) is 0.756. The van der Waals surface area contributed by atoms with E-state index in [4.69, 9.17) is 4.99 Å². The van der Waals surface area contributed by atoms with E-state index in [0.717, 1.165) is 29.8 Å². The predicted octanol–water partition coefficient (Wildman–Crippen LogP) is 1.93. The molecule has 1 amide bonds. The van der Waals surface area contributed by atoms with Gasteiger partial charge in [-0.05, 0) is 43.9 Å². The third-order valence-corrected chi connectivity index (χ3v) is 6.00. The van der Waals surface area contributed by atoms with Crippen molar-refractivity contribution in [3.05, 3.63) is 0 Å². The lowest BCUT2D eigenvalue weighted by molar-refractivity contribution is -0.119. The Morgan fingerprint density at radius 3 is 2.75 bits per heavy atom. The highest BCUT2D eigenvalue weighted by Crippen LogP contribution is 2.53. The van der Waals surface area contributed by atoms with E-state index < -0.39 is 0 Å². The summed E-state index contributed by atoms with van der Waals surface area (Å²) >= 11 is 1.69. The minimum Gasteiger partial charge on any atom is -0.304 e. The highest BCUT2D eigenvalue weighted by molar-refractivity contribution is 8.16. The second kappa shape index (κ2) is 3.03. The number of nitrogens with one attached hydrogen (secondary N) is 1. The average Bonchev–Trinajstić information content (AvgIpc) is 2.64. The molecule has 4 fully saturated rings. The number of thioether (sulfide) groups is 1. The minimum atomic E-state index is -0.0869. The van der Waals surface area contributed by atoms with E-state index in [1.807, 2.05) is 0 Å². The summed E-state index contributed by atoms with van der Waals surface area (Å²) in [5, 5.41) is 3.88. The van der Waals surface area contributed by atoms with E-state index in [1.54, 1.807) is 11.8 Å². The largest absolute Gasteiger partial charge is 0.304 e. The zero-order valence-electron chi connectivity index (χ0n) is 9.24. The molecule has 3 saturated carbocycles. The summed E-state index contributed by atoms with van der Waals surface area (Å²) in [6.45, 7) is 0. The molecule has 3 aliphatic carbocycles. The van der Waals surface area contributed by atoms with Crippen molar-refractivity contribution in [2.45, 2.75) is 49.3 Å². The predicted molar refractivity (Wildman–Crippen MR) is 64.4 cm³/mol. The van der Waals surface area contributed by atoms with Crippen molar-refractivity contribution in [2.75, 3.05) is 0 Å². The Morgan fingerprint density at radius 2 is 2.19 bits per heavy atom. The molecule has 86 valence electrons. The molecule has 1 N–H and O–H groups in total. The topological polar surface area (TPSA) is 41.5 Å². The fraction of sp³-hybridized carbons (Fsp3) is 0.833. The first-order valence-corrected chi connectivity index (χ1v) is 7.15. The number of carbonyl (C=O) groups excluding carboxylic acids is 1. The smallest absolute Gasteiger partial charge is 0.242 e. The number of nitrogens with zero attached hydrogens (tertiary/aromatic N) is 1. The third-order valence-electron chi connectivity index (χ3n) is 4.61. The van der Waals surface area contributed by atoms with Gasteiger partial charge in [0.1, 0.15) is 4.75 Å². The van der Waals surface area contributed by atoms with E-state index in [0.29, 0.717) is 6.04 Å². The van der Waals surface area contributed by atoms with Crippen LogP contribution in [-0.2, 0) is 4.79 Å². The number of carbonyl (C=O) groups is 1. The zero-order valence-corrected chi connectivity index (χ0v) is 10.1. The average molecular weight is 236 g/mol. The van der Waals surface area contributed by atoms with Crippen molar-refractivity contribution in [3.8, 4) is 0 Å². The number of rotatable bonds is 1. The summed E-state index contributed by atoms with van der Waals surface area (Å²) in [6.07, 6.45) is 7.49. The molecule has 1 heterocycles. The molecule has 16 heavy (non-hydrogen) atoms. The summed E-state index contributed by atoms with van der Waals surface area (Å²) in [7, 11) is 0. The Kier molecular flexibility index (Phi) is 1.80. The van der Waals surface area contributed by atoms with Gasteiger partial charge in [0.15, 0.2) is 5.17 Å². The van der Waals surface area contributed by atoms with E-state index in [-0.39, 0.29) is 10.7 Å². The Labute approximate surface area is 99.5 Å². The Balaban J connectivity index is 1.52. The van der Waals surface area contributed by atoms with Crippen molar-refractivity contribution in [2.24, 2.45) is 16.8 Å². The monoisotopic (exact) mass is 236 g/mol. The fourth-order valence-corrected chi connectivity index (χ4v) is 4.64. The maximum absolute atomic E-state index is 11.7. The lowest BCUT2D eigenvalue weighted by Gasteiger charge is -2.17. The van der Waals surface area contributed by atoms with Crippen LogP contribution >= 0.6 is 11.8 Å². The summed E-state index contributed by atoms with van der Waals surface area (Å²) < 4.78 is -0.0869. The van der Waals surface area contributed by atoms with E-state index >= 15 is 0 Å². The number of amides is 1. The van der Waals surface area contributed by atoms with E-state index in [9.17, 15) is 4.79 Å². The molecular weight excluding hydrogens is 220 g/mol. The molecular formula is C12H16N2OS. The van der Waals surface area contributed by atoms with Crippen LogP contribution in [0.25, 0.3) is 0 Å². The zero-order chi connectivity index (χ0) is 10.8. The number of hydrogen-bond acceptors (Lipinski definition) is 3. The fourth-order valence-electron chi connectivity index (χ4n) is 3.49. The first kappa shape index (κ1) is 9.51.